The van der Waals surface area contributed by atoms with E-state index in [0.29, 0.717) is 16.9 Å². The number of alkyl halides is 2. The van der Waals surface area contributed by atoms with Gasteiger partial charge in [-0.05, 0) is 48.0 Å². The lowest BCUT2D eigenvalue weighted by Gasteiger charge is -2.04. The van der Waals surface area contributed by atoms with Gasteiger partial charge in [0.1, 0.15) is 16.6 Å². The molecule has 3 nitrogen and oxygen atoms in total. The molecule has 1 heterocycles. The van der Waals surface area contributed by atoms with Crippen LogP contribution in [0.15, 0.2) is 59.1 Å². The van der Waals surface area contributed by atoms with Gasteiger partial charge in [-0.15, -0.1) is 0 Å². The quantitative estimate of drug-likeness (QED) is 0.571. The van der Waals surface area contributed by atoms with Crippen LogP contribution in [0, 0.1) is 5.82 Å². The lowest BCUT2D eigenvalue weighted by Crippen LogP contribution is -2.01. The molecular weight excluding hydrogens is 355 g/mol. The van der Waals surface area contributed by atoms with Gasteiger partial charge in [-0.25, -0.2) is 9.37 Å². The van der Waals surface area contributed by atoms with Crippen molar-refractivity contribution in [1.82, 2.24) is 4.98 Å². The van der Waals surface area contributed by atoms with E-state index in [1.807, 2.05) is 0 Å². The van der Waals surface area contributed by atoms with E-state index in [-0.39, 0.29) is 22.5 Å². The maximum atomic E-state index is 12.9. The zero-order valence-electron chi connectivity index (χ0n) is 12.6. The van der Waals surface area contributed by atoms with Gasteiger partial charge in [-0.2, -0.15) is 8.78 Å². The van der Waals surface area contributed by atoms with Crippen molar-refractivity contribution in [3.8, 4) is 17.1 Å². The Hall–Kier alpha value is -2.73. The van der Waals surface area contributed by atoms with Gasteiger partial charge in [0, 0.05) is 5.56 Å². The molecule has 0 radical (unpaired) electrons. The van der Waals surface area contributed by atoms with Crippen LogP contribution in [0.25, 0.3) is 22.4 Å². The van der Waals surface area contributed by atoms with Crippen molar-refractivity contribution in [2.24, 2.45) is 0 Å². The van der Waals surface area contributed by atoms with Crippen LogP contribution in [0.5, 0.6) is 5.75 Å². The summed E-state index contributed by atoms with van der Waals surface area (Å²) in [6.07, 6.45) is 3.06. The smallest absolute Gasteiger partial charge is 0.387 e. The fourth-order valence-corrected chi connectivity index (χ4v) is 2.30. The van der Waals surface area contributed by atoms with Crippen LogP contribution in [0.1, 0.15) is 11.5 Å². The monoisotopic (exact) mass is 365 g/mol. The largest absolute Gasteiger partial charge is 0.435 e. The fourth-order valence-electron chi connectivity index (χ4n) is 2.09. The molecule has 1 aromatic heterocycles. The number of ether oxygens (including phenoxy) is 1. The van der Waals surface area contributed by atoms with Gasteiger partial charge in [0.2, 0.25) is 5.89 Å². The van der Waals surface area contributed by atoms with Crippen LogP contribution in [0.4, 0.5) is 13.2 Å². The first kappa shape index (κ1) is 17.1. The molecule has 3 rings (SSSR count). The summed E-state index contributed by atoms with van der Waals surface area (Å²) >= 11 is 6.18. The van der Waals surface area contributed by atoms with Crippen LogP contribution in [0.3, 0.4) is 0 Å². The van der Waals surface area contributed by atoms with Gasteiger partial charge >= 0.3 is 6.61 Å². The molecule has 0 spiro atoms. The number of benzene rings is 2. The van der Waals surface area contributed by atoms with Crippen molar-refractivity contribution in [3.05, 3.63) is 72.0 Å². The number of rotatable bonds is 5. The molecule has 0 aliphatic heterocycles. The molecule has 0 N–H and O–H groups in total. The molecule has 0 aliphatic rings. The number of aromatic nitrogens is 1. The third-order valence-electron chi connectivity index (χ3n) is 3.24. The summed E-state index contributed by atoms with van der Waals surface area (Å²) in [5.41, 5.74) is 1.33. The number of oxazole rings is 1. The Morgan fingerprint density at radius 2 is 1.76 bits per heavy atom. The Balaban J connectivity index is 1.77. The molecule has 0 fully saturated rings. The Bertz CT molecular complexity index is 874. The molecule has 128 valence electrons. The zero-order valence-corrected chi connectivity index (χ0v) is 13.4. The molecule has 7 heteroatoms. The lowest BCUT2D eigenvalue weighted by molar-refractivity contribution is -0.0498. The van der Waals surface area contributed by atoms with Gasteiger partial charge in [0.15, 0.2) is 5.76 Å². The zero-order chi connectivity index (χ0) is 17.8. The standard InChI is InChI=1S/C18H11ClF3NO2/c19-15(9-11-1-7-14(8-2-11)24-18(21)22)17-23-10-16(25-17)12-3-5-13(20)6-4-12/h1-10,18H/b15-9-. The molecule has 3 aromatic rings. The molecule has 0 aliphatic carbocycles. The molecule has 0 saturated heterocycles. The predicted molar refractivity (Wildman–Crippen MR) is 88.7 cm³/mol. The maximum Gasteiger partial charge on any atom is 0.387 e. The summed E-state index contributed by atoms with van der Waals surface area (Å²) in [5, 5.41) is 0.232. The number of hydrogen-bond acceptors (Lipinski definition) is 3. The molecule has 0 amide bonds. The van der Waals surface area contributed by atoms with Crippen molar-refractivity contribution < 1.29 is 22.3 Å². The van der Waals surface area contributed by atoms with E-state index < -0.39 is 6.61 Å². The van der Waals surface area contributed by atoms with E-state index in [1.54, 1.807) is 30.3 Å². The molecule has 0 bridgehead atoms. The fraction of sp³-hybridized carbons (Fsp3) is 0.0556. The summed E-state index contributed by atoms with van der Waals surface area (Å²) < 4.78 is 47.0. The van der Waals surface area contributed by atoms with Gasteiger partial charge in [0.25, 0.3) is 0 Å². The van der Waals surface area contributed by atoms with Crippen molar-refractivity contribution in [2.45, 2.75) is 6.61 Å². The summed E-state index contributed by atoms with van der Waals surface area (Å²) in [6.45, 7) is -2.87. The highest BCUT2D eigenvalue weighted by Crippen LogP contribution is 2.27. The highest BCUT2D eigenvalue weighted by atomic mass is 35.5. The van der Waals surface area contributed by atoms with Gasteiger partial charge < -0.3 is 9.15 Å². The average Bonchev–Trinajstić information content (AvgIpc) is 3.07. The first-order chi connectivity index (χ1) is 12.0. The second kappa shape index (κ2) is 7.44. The normalized spacial score (nSPS) is 11.8. The average molecular weight is 366 g/mol. The maximum absolute atomic E-state index is 12.9. The van der Waals surface area contributed by atoms with Crippen molar-refractivity contribution in [1.29, 1.82) is 0 Å². The second-order valence-corrected chi connectivity index (χ2v) is 5.38. The molecule has 2 aromatic carbocycles. The first-order valence-corrected chi connectivity index (χ1v) is 7.53. The number of halogens is 4. The first-order valence-electron chi connectivity index (χ1n) is 7.15. The minimum absolute atomic E-state index is 0.0537. The molecule has 0 atom stereocenters. The predicted octanol–water partition coefficient (Wildman–Crippen LogP) is 5.82. The van der Waals surface area contributed by atoms with Crippen LogP contribution < -0.4 is 4.74 Å². The molecule has 25 heavy (non-hydrogen) atoms. The summed E-state index contributed by atoms with van der Waals surface area (Å²) in [5.74, 6) is 0.342. The van der Waals surface area contributed by atoms with E-state index in [1.165, 1.54) is 30.5 Å². The SMILES string of the molecule is Fc1ccc(-c2cnc(/C(Cl)=C/c3ccc(OC(F)F)cc3)o2)cc1. The minimum Gasteiger partial charge on any atom is -0.435 e. The van der Waals surface area contributed by atoms with Crippen molar-refractivity contribution >= 4 is 22.7 Å². The summed E-state index contributed by atoms with van der Waals surface area (Å²) in [4.78, 5) is 4.08. The van der Waals surface area contributed by atoms with Crippen LogP contribution in [-0.4, -0.2) is 11.6 Å². The van der Waals surface area contributed by atoms with E-state index in [2.05, 4.69) is 9.72 Å². The molecular formula is C18H11ClF3NO2. The Kier molecular flexibility index (Phi) is 5.09. The number of hydrogen-bond donors (Lipinski definition) is 0. The molecule has 0 saturated carbocycles. The summed E-state index contributed by atoms with van der Waals surface area (Å²) in [7, 11) is 0. The summed E-state index contributed by atoms with van der Waals surface area (Å²) in [6, 6.07) is 11.7. The Morgan fingerprint density at radius 1 is 1.08 bits per heavy atom. The van der Waals surface area contributed by atoms with Crippen LogP contribution >= 0.6 is 11.6 Å². The van der Waals surface area contributed by atoms with Gasteiger partial charge in [-0.1, -0.05) is 23.7 Å². The highest BCUT2D eigenvalue weighted by Gasteiger charge is 2.10. The van der Waals surface area contributed by atoms with E-state index >= 15 is 0 Å². The van der Waals surface area contributed by atoms with E-state index in [4.69, 9.17) is 16.0 Å². The minimum atomic E-state index is -2.87. The van der Waals surface area contributed by atoms with Crippen molar-refractivity contribution in [2.75, 3.05) is 0 Å². The van der Waals surface area contributed by atoms with Crippen molar-refractivity contribution in [3.63, 3.8) is 0 Å². The van der Waals surface area contributed by atoms with Gasteiger partial charge in [0.05, 0.1) is 6.20 Å². The second-order valence-electron chi connectivity index (χ2n) is 4.98. The third-order valence-corrected chi connectivity index (χ3v) is 3.51. The van der Waals surface area contributed by atoms with Crippen LogP contribution in [0.2, 0.25) is 0 Å². The highest BCUT2D eigenvalue weighted by molar-refractivity contribution is 6.50. The van der Waals surface area contributed by atoms with E-state index in [9.17, 15) is 13.2 Å². The molecule has 0 unspecified atom stereocenters. The Morgan fingerprint density at radius 3 is 2.40 bits per heavy atom. The number of nitrogens with zero attached hydrogens (tertiary/aromatic N) is 1. The third kappa shape index (κ3) is 4.42. The van der Waals surface area contributed by atoms with E-state index in [0.717, 1.165) is 0 Å². The van der Waals surface area contributed by atoms with Crippen LogP contribution in [-0.2, 0) is 0 Å². The Labute approximate surface area is 146 Å². The van der Waals surface area contributed by atoms with Gasteiger partial charge in [-0.3, -0.25) is 0 Å². The lowest BCUT2D eigenvalue weighted by atomic mass is 10.2. The topological polar surface area (TPSA) is 35.3 Å².